The van der Waals surface area contributed by atoms with Crippen LogP contribution < -0.4 is 0 Å². The molecule has 0 aromatic heterocycles. The summed E-state index contributed by atoms with van der Waals surface area (Å²) in [5, 5.41) is 29.7. The van der Waals surface area contributed by atoms with Gasteiger partial charge in [0.2, 0.25) is 0 Å². The Morgan fingerprint density at radius 2 is 0.500 bits per heavy atom. The van der Waals surface area contributed by atoms with Crippen LogP contribution in [0.5, 0.6) is 0 Å². The van der Waals surface area contributed by atoms with Crippen molar-refractivity contribution in [3.63, 3.8) is 0 Å². The van der Waals surface area contributed by atoms with Gasteiger partial charge in [0.1, 0.15) is 0 Å². The first-order valence-corrected chi connectivity index (χ1v) is 3.71. The van der Waals surface area contributed by atoms with Gasteiger partial charge in [0.05, 0.1) is 0 Å². The summed E-state index contributed by atoms with van der Waals surface area (Å²) in [6.07, 6.45) is 0. The molecule has 8 N–H and O–H groups in total. The first-order chi connectivity index (χ1) is 6.93. The summed E-state index contributed by atoms with van der Waals surface area (Å²) in [5.41, 5.74) is 0. The molecule has 0 rings (SSSR count). The molecule has 0 aliphatic rings. The molecule has 0 unspecified atom stereocenters. The first-order valence-electron chi connectivity index (χ1n) is 3.71. The molecule has 20 heavy (non-hydrogen) atoms. The standard InChI is InChI=1S/4C2H4O2.2Gd.2H2O/c4*1-2(3)4;;;;/h4*1H3,(H,3,4);;;2*1H2/q;;;;2*+3;;. The maximum Gasteiger partial charge on any atom is 3.00 e. The molecule has 0 saturated heterocycles. The monoisotopic (exact) mass is 592 g/mol. The largest absolute Gasteiger partial charge is 3.00 e. The fourth-order valence-electron chi connectivity index (χ4n) is 0. The second-order valence-electron chi connectivity index (χ2n) is 2.08. The zero-order valence-electron chi connectivity index (χ0n) is 11.1. The Bertz CT molecular complexity index is 167. The number of aliphatic carboxylic acids is 4. The van der Waals surface area contributed by atoms with E-state index in [9.17, 15) is 0 Å². The predicted molar refractivity (Wildman–Crippen MR) is 60.5 cm³/mol. The van der Waals surface area contributed by atoms with E-state index in [1.807, 2.05) is 0 Å². The van der Waals surface area contributed by atoms with E-state index in [2.05, 4.69) is 0 Å². The van der Waals surface area contributed by atoms with E-state index in [4.69, 9.17) is 39.6 Å². The van der Waals surface area contributed by atoms with Crippen LogP contribution in [0.2, 0.25) is 0 Å². The van der Waals surface area contributed by atoms with Crippen LogP contribution in [0.3, 0.4) is 0 Å². The van der Waals surface area contributed by atoms with Crippen molar-refractivity contribution >= 4 is 23.9 Å². The summed E-state index contributed by atoms with van der Waals surface area (Å²) in [4.78, 5) is 36.0. The van der Waals surface area contributed by atoms with Crippen LogP contribution in [0.25, 0.3) is 0 Å². The van der Waals surface area contributed by atoms with Gasteiger partial charge < -0.3 is 31.4 Å². The Morgan fingerprint density at radius 3 is 0.500 bits per heavy atom. The van der Waals surface area contributed by atoms with Gasteiger partial charge >= 0.3 is 79.9 Å². The molecule has 0 aliphatic heterocycles. The predicted octanol–water partition coefficient (Wildman–Crippen LogP) is -1.29. The van der Waals surface area contributed by atoms with Crippen molar-refractivity contribution in [1.29, 1.82) is 0 Å². The topological polar surface area (TPSA) is 212 Å². The molecule has 10 nitrogen and oxygen atoms in total. The van der Waals surface area contributed by atoms with E-state index in [0.717, 1.165) is 27.7 Å². The van der Waals surface area contributed by atoms with Crippen molar-refractivity contribution in [2.24, 2.45) is 0 Å². The normalized spacial score (nSPS) is 5.00. The molecule has 0 saturated carbocycles. The van der Waals surface area contributed by atoms with Gasteiger partial charge in [-0.25, -0.2) is 0 Å². The molecule has 0 aromatic carbocycles. The van der Waals surface area contributed by atoms with Crippen LogP contribution in [0.4, 0.5) is 0 Å². The van der Waals surface area contributed by atoms with E-state index in [0.29, 0.717) is 0 Å². The van der Waals surface area contributed by atoms with Crippen molar-refractivity contribution < 1.29 is 130 Å². The second kappa shape index (κ2) is 42.7. The third-order valence-electron chi connectivity index (χ3n) is 0. The first kappa shape index (κ1) is 49.9. The van der Waals surface area contributed by atoms with E-state index in [1.165, 1.54) is 0 Å². The maximum atomic E-state index is 9.00. The Labute approximate surface area is 179 Å². The molecule has 0 aromatic rings. The number of carbonyl (C=O) groups is 4. The minimum atomic E-state index is -0.833. The van der Waals surface area contributed by atoms with Gasteiger partial charge in [-0.15, -0.1) is 0 Å². The molecule has 0 aliphatic carbocycles. The third-order valence-corrected chi connectivity index (χ3v) is 0. The Kier molecular flexibility index (Phi) is 107. The quantitative estimate of drug-likeness (QED) is 0.266. The molecule has 0 atom stereocenters. The number of carboxylic acids is 4. The van der Waals surface area contributed by atoms with Crippen molar-refractivity contribution in [2.75, 3.05) is 0 Å². The summed E-state index contributed by atoms with van der Waals surface area (Å²) >= 11 is 0. The molecule has 0 amide bonds. The van der Waals surface area contributed by atoms with E-state index in [1.54, 1.807) is 0 Å². The maximum absolute atomic E-state index is 9.00. The van der Waals surface area contributed by atoms with Gasteiger partial charge in [0, 0.05) is 27.7 Å². The van der Waals surface area contributed by atoms with Crippen molar-refractivity contribution in [3.05, 3.63) is 0 Å². The average molecular weight is 591 g/mol. The molecule has 122 valence electrons. The van der Waals surface area contributed by atoms with Crippen LogP contribution in [0.1, 0.15) is 27.7 Å². The zero-order chi connectivity index (χ0) is 14.3. The minimum absolute atomic E-state index is 0. The molecule has 12 heteroatoms. The summed E-state index contributed by atoms with van der Waals surface area (Å²) < 4.78 is 0. The zero-order valence-corrected chi connectivity index (χ0v) is 15.7. The Balaban J connectivity index is -0.0000000150. The average Bonchev–Trinajstić information content (AvgIpc) is 1.76. The Hall–Kier alpha value is 0.449. The third kappa shape index (κ3) is 27800. The summed E-state index contributed by atoms with van der Waals surface area (Å²) in [6.45, 7) is 4.33. The van der Waals surface area contributed by atoms with Crippen molar-refractivity contribution in [3.8, 4) is 0 Å². The van der Waals surface area contributed by atoms with Gasteiger partial charge in [0.15, 0.2) is 0 Å². The van der Waals surface area contributed by atoms with Gasteiger partial charge in [-0.2, -0.15) is 0 Å². The molecule has 2 radical (unpaired) electrons. The van der Waals surface area contributed by atoms with E-state index in [-0.39, 0.29) is 90.8 Å². The number of rotatable bonds is 0. The molecule has 0 heterocycles. The molecular formula is C8H20Gd2O10+6. The van der Waals surface area contributed by atoms with E-state index < -0.39 is 23.9 Å². The molecule has 0 bridgehead atoms. The fraction of sp³-hybridized carbons (Fsp3) is 0.500. The van der Waals surface area contributed by atoms with Crippen LogP contribution in [0, 0.1) is 79.9 Å². The summed E-state index contributed by atoms with van der Waals surface area (Å²) in [7, 11) is 0. The van der Waals surface area contributed by atoms with Gasteiger partial charge in [-0.1, -0.05) is 0 Å². The summed E-state index contributed by atoms with van der Waals surface area (Å²) in [5.74, 6) is -3.33. The number of carboxylic acid groups (broad SMARTS) is 4. The van der Waals surface area contributed by atoms with Gasteiger partial charge in [-0.05, 0) is 0 Å². The number of hydrogen-bond acceptors (Lipinski definition) is 4. The van der Waals surface area contributed by atoms with Crippen LogP contribution in [-0.2, 0) is 19.2 Å². The molecule has 0 fully saturated rings. The second-order valence-corrected chi connectivity index (χ2v) is 2.08. The van der Waals surface area contributed by atoms with Crippen molar-refractivity contribution in [2.45, 2.75) is 27.7 Å². The van der Waals surface area contributed by atoms with Crippen LogP contribution in [-0.4, -0.2) is 55.3 Å². The van der Waals surface area contributed by atoms with Crippen LogP contribution >= 0.6 is 0 Å². The van der Waals surface area contributed by atoms with Crippen LogP contribution in [0.15, 0.2) is 0 Å². The smallest absolute Gasteiger partial charge is 0.481 e. The molecular weight excluding hydrogens is 571 g/mol. The fourth-order valence-corrected chi connectivity index (χ4v) is 0. The van der Waals surface area contributed by atoms with Gasteiger partial charge in [-0.3, -0.25) is 19.2 Å². The van der Waals surface area contributed by atoms with Gasteiger partial charge in [0.25, 0.3) is 23.9 Å². The number of hydrogen-bond donors (Lipinski definition) is 4. The Morgan fingerprint density at radius 1 is 0.500 bits per heavy atom. The minimum Gasteiger partial charge on any atom is -0.481 e. The van der Waals surface area contributed by atoms with E-state index >= 15 is 0 Å². The SMILES string of the molecule is CC(=O)O.CC(=O)O.CC(=O)O.CC(=O)O.O.O.[Gd+3].[Gd+3]. The molecule has 0 spiro atoms. The van der Waals surface area contributed by atoms with Crippen molar-refractivity contribution in [1.82, 2.24) is 0 Å². The summed E-state index contributed by atoms with van der Waals surface area (Å²) in [6, 6.07) is 0.